The van der Waals surface area contributed by atoms with Crippen molar-refractivity contribution < 1.29 is 44.1 Å². The number of nitrogens with one attached hydrogen (secondary N) is 2. The second-order valence-electron chi connectivity index (χ2n) is 6.52. The SMILES string of the molecule is C=CCNC(=O)c1ncn([C@@H]2O[C@H](CO[N+](=O)[O-])[C@@H](O[N+](=O)[O-])[C@H]2O[N+](=O)[O-])c1C(=O)NCC=C. The van der Waals surface area contributed by atoms with Crippen LogP contribution in [-0.2, 0) is 19.2 Å². The predicted molar refractivity (Wildman–Crippen MR) is 108 cm³/mol. The van der Waals surface area contributed by atoms with Gasteiger partial charge in [0.15, 0.2) is 24.1 Å². The average Bonchev–Trinajstić information content (AvgIpc) is 3.36. The molecule has 4 atom stereocenters. The highest BCUT2D eigenvalue weighted by Crippen LogP contribution is 2.35. The molecule has 1 aromatic rings. The lowest BCUT2D eigenvalue weighted by atomic mass is 10.1. The van der Waals surface area contributed by atoms with E-state index in [0.29, 0.717) is 0 Å². The topological polar surface area (TPSA) is 242 Å². The number of aromatic nitrogens is 2. The molecule has 2 heterocycles. The van der Waals surface area contributed by atoms with Crippen LogP contribution in [0.1, 0.15) is 27.2 Å². The van der Waals surface area contributed by atoms with Crippen molar-refractivity contribution in [2.24, 2.45) is 0 Å². The summed E-state index contributed by atoms with van der Waals surface area (Å²) >= 11 is 0. The third kappa shape index (κ3) is 6.60. The molecule has 0 bridgehead atoms. The third-order valence-corrected chi connectivity index (χ3v) is 4.36. The number of carbonyl (C=O) groups is 2. The van der Waals surface area contributed by atoms with Gasteiger partial charge in [-0.2, -0.15) is 0 Å². The summed E-state index contributed by atoms with van der Waals surface area (Å²) in [4.78, 5) is 75.0. The molecule has 1 fully saturated rings. The average molecular weight is 501 g/mol. The Balaban J connectivity index is 2.57. The Morgan fingerprint density at radius 3 is 2.14 bits per heavy atom. The number of hydrogen-bond donors (Lipinski definition) is 2. The lowest BCUT2D eigenvalue weighted by molar-refractivity contribution is -0.799. The van der Waals surface area contributed by atoms with Crippen LogP contribution in [0.15, 0.2) is 31.6 Å². The van der Waals surface area contributed by atoms with Crippen LogP contribution >= 0.6 is 0 Å². The maximum atomic E-state index is 12.8. The quantitative estimate of drug-likeness (QED) is 0.176. The normalized spacial score (nSPS) is 20.8. The van der Waals surface area contributed by atoms with E-state index in [9.17, 15) is 39.9 Å². The summed E-state index contributed by atoms with van der Waals surface area (Å²) in [6, 6.07) is 0. The van der Waals surface area contributed by atoms with Crippen molar-refractivity contribution in [1.29, 1.82) is 0 Å². The first-order chi connectivity index (χ1) is 16.6. The highest BCUT2D eigenvalue weighted by atomic mass is 17.0. The van der Waals surface area contributed by atoms with Gasteiger partial charge in [-0.1, -0.05) is 12.2 Å². The highest BCUT2D eigenvalue weighted by molar-refractivity contribution is 6.05. The first-order valence-corrected chi connectivity index (χ1v) is 9.50. The van der Waals surface area contributed by atoms with Gasteiger partial charge in [0.05, 0.1) is 6.33 Å². The number of hydrogen-bond acceptors (Lipinski definition) is 13. The van der Waals surface area contributed by atoms with Gasteiger partial charge < -0.3 is 29.9 Å². The van der Waals surface area contributed by atoms with Crippen LogP contribution in [0.25, 0.3) is 0 Å². The van der Waals surface area contributed by atoms with Gasteiger partial charge in [-0.15, -0.1) is 43.5 Å². The smallest absolute Gasteiger partial charge is 0.295 e. The van der Waals surface area contributed by atoms with E-state index in [1.807, 2.05) is 0 Å². The molecular weight excluding hydrogens is 482 g/mol. The molecule has 0 spiro atoms. The molecule has 0 unspecified atom stereocenters. The summed E-state index contributed by atoms with van der Waals surface area (Å²) in [5.74, 6) is -1.73. The largest absolute Gasteiger partial charge is 0.348 e. The Morgan fingerprint density at radius 1 is 1.03 bits per heavy atom. The maximum Gasteiger partial charge on any atom is 0.295 e. The van der Waals surface area contributed by atoms with Crippen molar-refractivity contribution >= 4 is 11.8 Å². The standard InChI is InChI=1S/C16H19N7O12/c1-3-5-17-14(24)10-11(15(25)18-6-4-2)20(8-19-10)16-13(35-23(30)31)12(34-22(28)29)9(33-16)7-32-21(26)27/h3-4,8-9,12-13,16H,1-2,5-7H2,(H,17,24)(H,18,25)/t9-,12-,13-,16-/m1/s1. The van der Waals surface area contributed by atoms with E-state index in [0.717, 1.165) is 10.9 Å². The molecule has 1 aliphatic heterocycles. The second-order valence-corrected chi connectivity index (χ2v) is 6.52. The predicted octanol–water partition coefficient (Wildman–Crippen LogP) is -1.03. The fraction of sp³-hybridized carbons (Fsp3) is 0.438. The Bertz CT molecular complexity index is 1010. The Morgan fingerprint density at radius 2 is 1.60 bits per heavy atom. The van der Waals surface area contributed by atoms with Gasteiger partial charge in [0.1, 0.15) is 18.4 Å². The summed E-state index contributed by atoms with van der Waals surface area (Å²) < 4.78 is 6.33. The molecule has 1 saturated heterocycles. The first kappa shape index (κ1) is 26.4. The van der Waals surface area contributed by atoms with E-state index in [4.69, 9.17) is 4.74 Å². The second kappa shape index (κ2) is 11.9. The number of rotatable bonds is 14. The van der Waals surface area contributed by atoms with Crippen LogP contribution in [0, 0.1) is 30.3 Å². The Hall–Kier alpha value is -4.81. The summed E-state index contributed by atoms with van der Waals surface area (Å²) in [5.41, 5.74) is -0.903. The third-order valence-electron chi connectivity index (χ3n) is 4.36. The Labute approximate surface area is 194 Å². The van der Waals surface area contributed by atoms with Crippen molar-refractivity contribution in [2.75, 3.05) is 19.7 Å². The van der Waals surface area contributed by atoms with Crippen molar-refractivity contribution in [3.63, 3.8) is 0 Å². The molecule has 2 rings (SSSR count). The molecule has 1 aliphatic rings. The number of imidazole rings is 1. The van der Waals surface area contributed by atoms with Crippen molar-refractivity contribution in [2.45, 2.75) is 24.5 Å². The summed E-state index contributed by atoms with van der Waals surface area (Å²) in [5, 5.41) is 33.6. The van der Waals surface area contributed by atoms with Gasteiger partial charge in [0.2, 0.25) is 0 Å². The lowest BCUT2D eigenvalue weighted by Crippen LogP contribution is -2.41. The number of carbonyl (C=O) groups excluding carboxylic acids is 2. The minimum absolute atomic E-state index is 0.00541. The van der Waals surface area contributed by atoms with Gasteiger partial charge in [0, 0.05) is 13.1 Å². The molecule has 19 nitrogen and oxygen atoms in total. The van der Waals surface area contributed by atoms with Crippen molar-refractivity contribution in [3.8, 4) is 0 Å². The van der Waals surface area contributed by atoms with E-state index in [1.165, 1.54) is 12.2 Å². The summed E-state index contributed by atoms with van der Waals surface area (Å²) in [6.45, 7) is 5.89. The molecule has 0 aliphatic carbocycles. The first-order valence-electron chi connectivity index (χ1n) is 9.50. The van der Waals surface area contributed by atoms with Crippen LogP contribution in [-0.4, -0.2) is 74.6 Å². The Kier molecular flexibility index (Phi) is 8.97. The number of ether oxygens (including phenoxy) is 1. The minimum Gasteiger partial charge on any atom is -0.348 e. The van der Waals surface area contributed by atoms with Gasteiger partial charge in [-0.3, -0.25) is 14.2 Å². The molecule has 2 N–H and O–H groups in total. The van der Waals surface area contributed by atoms with E-state index in [-0.39, 0.29) is 13.1 Å². The molecule has 0 aromatic carbocycles. The van der Waals surface area contributed by atoms with Crippen LogP contribution < -0.4 is 10.6 Å². The molecule has 0 saturated carbocycles. The highest BCUT2D eigenvalue weighted by Gasteiger charge is 2.52. The fourth-order valence-corrected chi connectivity index (χ4v) is 3.08. The van der Waals surface area contributed by atoms with Crippen LogP contribution in [0.2, 0.25) is 0 Å². The zero-order valence-electron chi connectivity index (χ0n) is 17.7. The van der Waals surface area contributed by atoms with E-state index in [1.54, 1.807) is 0 Å². The number of nitrogens with zero attached hydrogens (tertiary/aromatic N) is 5. The number of amides is 2. The molecular formula is C16H19N7O12. The molecule has 19 heteroatoms. The van der Waals surface area contributed by atoms with Gasteiger partial charge >= 0.3 is 0 Å². The summed E-state index contributed by atoms with van der Waals surface area (Å²) in [6.07, 6.45) is -3.68. The van der Waals surface area contributed by atoms with Gasteiger partial charge in [-0.25, -0.2) is 4.98 Å². The fourth-order valence-electron chi connectivity index (χ4n) is 3.08. The molecule has 35 heavy (non-hydrogen) atoms. The zero-order chi connectivity index (χ0) is 26.1. The molecule has 2 amide bonds. The molecule has 0 radical (unpaired) electrons. The van der Waals surface area contributed by atoms with Crippen molar-refractivity contribution in [3.05, 3.63) is 73.4 Å². The van der Waals surface area contributed by atoms with Crippen LogP contribution in [0.4, 0.5) is 0 Å². The van der Waals surface area contributed by atoms with Crippen molar-refractivity contribution in [1.82, 2.24) is 20.2 Å². The molecule has 1 aromatic heterocycles. The lowest BCUT2D eigenvalue weighted by Gasteiger charge is -2.22. The van der Waals surface area contributed by atoms with Crippen LogP contribution in [0.5, 0.6) is 0 Å². The van der Waals surface area contributed by atoms with E-state index in [2.05, 4.69) is 43.3 Å². The van der Waals surface area contributed by atoms with Crippen LogP contribution in [0.3, 0.4) is 0 Å². The zero-order valence-corrected chi connectivity index (χ0v) is 17.7. The maximum absolute atomic E-state index is 12.8. The van der Waals surface area contributed by atoms with Gasteiger partial charge in [-0.05, 0) is 0 Å². The van der Waals surface area contributed by atoms with Gasteiger partial charge in [0.25, 0.3) is 27.1 Å². The summed E-state index contributed by atoms with van der Waals surface area (Å²) in [7, 11) is 0. The van der Waals surface area contributed by atoms with E-state index < -0.39 is 69.6 Å². The van der Waals surface area contributed by atoms with E-state index >= 15 is 0 Å². The molecule has 190 valence electrons. The monoisotopic (exact) mass is 501 g/mol. The minimum atomic E-state index is -1.94.